The number of hydrogen-bond acceptors (Lipinski definition) is 7. The van der Waals surface area contributed by atoms with Crippen LogP contribution in [0.25, 0.3) is 12.2 Å². The van der Waals surface area contributed by atoms with Gasteiger partial charge < -0.3 is 0 Å². The standard InChI is InChI=1S/C26H30O2.C25H29NO2.C24H34O2/c1-25-13-12-22-20(21(25)10-11-24(25)28)9-8-19-15-23(27)18(16-26(19,22)2)14-17-6-4-3-5-7-17;1-24-10-7-21-19(20(24)5-6-23(24)28)4-3-18-14-22(27)17(15-25(18,21)2)13-16-8-11-26-12-9-16;1-22(2,3)13-15-14-24(5)16(12-20(15)25)6-7-17-18-8-9-21(26)23(18,4)11-10-19(17)24/h3-8,14,20-22H,9-13,15-16H2,1-2H3;3,8-9,11-13,19-21H,4-7,10,14-15H2,1-2H3;6,13,17-19H,7-12,14H2,1-5H3/b18-14+;17-13+;15-13+. The molecule has 14 rings (SSSR count). The second-order valence-corrected chi connectivity index (χ2v) is 30.9. The molecular weight excluding hydrogens is 1010 g/mol. The van der Waals surface area contributed by atoms with E-state index in [1.807, 2.05) is 30.3 Å². The highest BCUT2D eigenvalue weighted by Gasteiger charge is 2.62. The molecule has 7 nitrogen and oxygen atoms in total. The molecule has 0 amide bonds. The Hall–Kier alpha value is -5.17. The first-order chi connectivity index (χ1) is 38.9. The van der Waals surface area contributed by atoms with Crippen LogP contribution < -0.4 is 0 Å². The van der Waals surface area contributed by atoms with E-state index >= 15 is 0 Å². The largest absolute Gasteiger partial charge is 0.299 e. The molecule has 15 atom stereocenters. The van der Waals surface area contributed by atoms with Gasteiger partial charge in [-0.25, -0.2) is 0 Å². The number of benzene rings is 1. The maximum absolute atomic E-state index is 12.9. The van der Waals surface area contributed by atoms with Gasteiger partial charge in [0, 0.05) is 67.2 Å². The van der Waals surface area contributed by atoms with Crippen molar-refractivity contribution in [2.24, 2.45) is 91.2 Å². The molecular formula is C75H93NO6. The highest BCUT2D eigenvalue weighted by Crippen LogP contribution is 2.68. The van der Waals surface area contributed by atoms with Crippen molar-refractivity contribution in [1.82, 2.24) is 4.98 Å². The SMILES string of the molecule is CC(C)(C)/C=C1\CC2(C)C(=CCC3C4CCC(=O)C4(C)CCC32)CC1=O.CC12CCC3C(CC=C4CC(=O)/C(=C/c5ccccc5)CC43C)C1CCC2=O.CC12CCC3C(CC=C4CC(=O)/C(=C/c5ccncc5)CC43C)C1CCC2=O. The van der Waals surface area contributed by atoms with E-state index in [1.165, 1.54) is 16.7 Å². The molecule has 0 bridgehead atoms. The molecule has 0 radical (unpaired) electrons. The molecule has 0 spiro atoms. The minimum Gasteiger partial charge on any atom is -0.299 e. The summed E-state index contributed by atoms with van der Waals surface area (Å²) in [5.74, 6) is 7.65. The lowest BCUT2D eigenvalue weighted by Gasteiger charge is -2.56. The smallest absolute Gasteiger partial charge is 0.162 e. The van der Waals surface area contributed by atoms with Crippen LogP contribution in [0.3, 0.4) is 0 Å². The molecule has 1 heterocycles. The normalized spacial score (nSPS) is 42.3. The minimum atomic E-state index is -0.0942. The number of pyridine rings is 1. The number of carbonyl (C=O) groups is 6. The van der Waals surface area contributed by atoms with Gasteiger partial charge in [0.25, 0.3) is 0 Å². The quantitative estimate of drug-likeness (QED) is 0.217. The number of allylic oxidation sites excluding steroid dienone is 10. The Morgan fingerprint density at radius 3 is 1.12 bits per heavy atom. The third-order valence-electron chi connectivity index (χ3n) is 25.6. The van der Waals surface area contributed by atoms with E-state index in [0.717, 1.165) is 143 Å². The zero-order valence-electron chi connectivity index (χ0n) is 51.1. The number of aromatic nitrogens is 1. The van der Waals surface area contributed by atoms with E-state index in [4.69, 9.17) is 0 Å². The van der Waals surface area contributed by atoms with Gasteiger partial charge in [0.1, 0.15) is 17.3 Å². The summed E-state index contributed by atoms with van der Waals surface area (Å²) in [6.07, 6.45) is 36.7. The molecule has 15 unspecified atom stereocenters. The lowest BCUT2D eigenvalue weighted by molar-refractivity contribution is -0.132. The molecule has 1 aromatic heterocycles. The molecule has 0 aliphatic heterocycles. The Kier molecular flexibility index (Phi) is 14.5. The molecule has 12 aliphatic carbocycles. The Morgan fingerprint density at radius 2 is 0.756 bits per heavy atom. The zero-order valence-corrected chi connectivity index (χ0v) is 51.1. The monoisotopic (exact) mass is 1100 g/mol. The molecule has 434 valence electrons. The molecule has 1 aromatic carbocycles. The first-order valence-corrected chi connectivity index (χ1v) is 32.2. The maximum atomic E-state index is 12.9. The van der Waals surface area contributed by atoms with Gasteiger partial charge in [0.15, 0.2) is 17.3 Å². The fraction of sp³-hybridized carbons (Fsp3) is 0.613. The minimum absolute atomic E-state index is 0.0413. The summed E-state index contributed by atoms with van der Waals surface area (Å²) in [6, 6.07) is 14.2. The third-order valence-corrected chi connectivity index (χ3v) is 25.6. The van der Waals surface area contributed by atoms with Gasteiger partial charge in [-0.1, -0.05) is 134 Å². The topological polar surface area (TPSA) is 115 Å². The summed E-state index contributed by atoms with van der Waals surface area (Å²) in [4.78, 5) is 80.3. The molecule has 0 N–H and O–H groups in total. The van der Waals surface area contributed by atoms with Crippen molar-refractivity contribution in [3.8, 4) is 0 Å². The fourth-order valence-electron chi connectivity index (χ4n) is 21.0. The van der Waals surface area contributed by atoms with Crippen LogP contribution in [0.4, 0.5) is 0 Å². The summed E-state index contributed by atoms with van der Waals surface area (Å²) >= 11 is 0. The van der Waals surface area contributed by atoms with Crippen LogP contribution in [0.5, 0.6) is 0 Å². The molecule has 0 saturated heterocycles. The zero-order chi connectivity index (χ0) is 57.9. The van der Waals surface area contributed by atoms with Gasteiger partial charge >= 0.3 is 0 Å². The number of rotatable bonds is 2. The van der Waals surface area contributed by atoms with Crippen LogP contribution >= 0.6 is 0 Å². The Balaban J connectivity index is 0.000000122. The van der Waals surface area contributed by atoms with Crippen molar-refractivity contribution in [1.29, 1.82) is 0 Å². The lowest BCUT2D eigenvalue weighted by Crippen LogP contribution is -2.50. The van der Waals surface area contributed by atoms with E-state index < -0.39 is 0 Å². The second-order valence-electron chi connectivity index (χ2n) is 30.9. The summed E-state index contributed by atoms with van der Waals surface area (Å²) in [7, 11) is 0. The molecule has 12 aliphatic rings. The van der Waals surface area contributed by atoms with Gasteiger partial charge in [0.2, 0.25) is 0 Å². The van der Waals surface area contributed by atoms with Crippen molar-refractivity contribution < 1.29 is 28.8 Å². The molecule has 2 aromatic rings. The number of fused-ring (bicyclic) bond motifs is 15. The van der Waals surface area contributed by atoms with E-state index in [0.29, 0.717) is 101 Å². The van der Waals surface area contributed by atoms with Crippen molar-refractivity contribution in [3.63, 3.8) is 0 Å². The van der Waals surface area contributed by atoms with Crippen LogP contribution in [0, 0.1) is 91.2 Å². The number of ketones is 6. The average Bonchev–Trinajstić information content (AvgIpc) is 2.00. The Morgan fingerprint density at radius 1 is 0.427 bits per heavy atom. The lowest BCUT2D eigenvalue weighted by atomic mass is 9.47. The van der Waals surface area contributed by atoms with E-state index in [1.54, 1.807) is 12.4 Å². The predicted molar refractivity (Wildman–Crippen MR) is 325 cm³/mol. The highest BCUT2D eigenvalue weighted by atomic mass is 16.1. The van der Waals surface area contributed by atoms with E-state index in [2.05, 4.69) is 116 Å². The van der Waals surface area contributed by atoms with Gasteiger partial charge in [-0.2, -0.15) is 0 Å². The Labute approximate surface area is 490 Å². The predicted octanol–water partition coefficient (Wildman–Crippen LogP) is 16.6. The average molecular weight is 1100 g/mol. The number of Topliss-reactive ketones (excluding diaryl/α,β-unsaturated/α-hetero) is 6. The number of hydrogen-bond donors (Lipinski definition) is 0. The first-order valence-electron chi connectivity index (χ1n) is 32.2. The van der Waals surface area contributed by atoms with E-state index in [-0.39, 0.29) is 43.7 Å². The summed E-state index contributed by atoms with van der Waals surface area (Å²) in [5, 5.41) is 0. The summed E-state index contributed by atoms with van der Waals surface area (Å²) in [5.41, 5.74) is 9.33. The van der Waals surface area contributed by atoms with E-state index in [9.17, 15) is 28.8 Å². The van der Waals surface area contributed by atoms with Gasteiger partial charge in [-0.15, -0.1) is 0 Å². The maximum Gasteiger partial charge on any atom is 0.162 e. The first kappa shape index (κ1) is 57.3. The van der Waals surface area contributed by atoms with Crippen LogP contribution in [-0.4, -0.2) is 39.7 Å². The molecule has 7 heteroatoms. The van der Waals surface area contributed by atoms with Crippen LogP contribution in [0.2, 0.25) is 0 Å². The summed E-state index contributed by atoms with van der Waals surface area (Å²) < 4.78 is 0. The fourth-order valence-corrected chi connectivity index (χ4v) is 21.0. The molecule has 9 saturated carbocycles. The third kappa shape index (κ3) is 9.53. The highest BCUT2D eigenvalue weighted by molar-refractivity contribution is 6.03. The number of nitrogens with zero attached hydrogens (tertiary/aromatic N) is 1. The second kappa shape index (κ2) is 20.8. The van der Waals surface area contributed by atoms with Gasteiger partial charge in [-0.05, 0) is 223 Å². The van der Waals surface area contributed by atoms with Crippen LogP contribution in [-0.2, 0) is 28.8 Å². The van der Waals surface area contributed by atoms with Gasteiger partial charge in [-0.3, -0.25) is 33.8 Å². The van der Waals surface area contributed by atoms with Crippen molar-refractivity contribution in [3.05, 3.63) is 124 Å². The number of carbonyl (C=O) groups excluding carboxylic acids is 6. The van der Waals surface area contributed by atoms with Crippen LogP contribution in [0.15, 0.2) is 113 Å². The van der Waals surface area contributed by atoms with Crippen molar-refractivity contribution in [2.45, 2.75) is 197 Å². The Bertz CT molecular complexity index is 3030. The van der Waals surface area contributed by atoms with Crippen LogP contribution in [0.1, 0.15) is 208 Å². The van der Waals surface area contributed by atoms with Crippen molar-refractivity contribution >= 4 is 46.9 Å². The summed E-state index contributed by atoms with van der Waals surface area (Å²) in [6.45, 7) is 20.4. The van der Waals surface area contributed by atoms with Gasteiger partial charge in [0.05, 0.1) is 0 Å². The van der Waals surface area contributed by atoms with Crippen molar-refractivity contribution in [2.75, 3.05) is 0 Å². The molecule has 9 fully saturated rings. The molecule has 82 heavy (non-hydrogen) atoms.